The first-order valence-electron chi connectivity index (χ1n) is 8.73. The standard InChI is InChI=1S/C20H20N4O2/c1-15-14-19(17-8-5-9-18(24(25)26)20(17)21-15)23-12-10-22(11-13-23)16-6-3-2-4-7-16/h2-9,14H,10-13H2,1H3. The molecule has 0 radical (unpaired) electrons. The normalized spacial score (nSPS) is 14.7. The fraction of sp³-hybridized carbons (Fsp3) is 0.250. The van der Waals surface area contributed by atoms with Crippen molar-refractivity contribution in [1.29, 1.82) is 0 Å². The Morgan fingerprint density at radius 1 is 0.962 bits per heavy atom. The van der Waals surface area contributed by atoms with E-state index in [0.29, 0.717) is 5.52 Å². The molecule has 6 nitrogen and oxygen atoms in total. The number of para-hydroxylation sites is 2. The van der Waals surface area contributed by atoms with Crippen LogP contribution in [0.1, 0.15) is 5.69 Å². The third-order valence-electron chi connectivity index (χ3n) is 4.86. The SMILES string of the molecule is Cc1cc(N2CCN(c3ccccc3)CC2)c2cccc([N+](=O)[O-])c2n1. The van der Waals surface area contributed by atoms with Crippen molar-refractivity contribution in [3.8, 4) is 0 Å². The fourth-order valence-electron chi connectivity index (χ4n) is 3.59. The second-order valence-electron chi connectivity index (χ2n) is 6.52. The van der Waals surface area contributed by atoms with Gasteiger partial charge >= 0.3 is 0 Å². The van der Waals surface area contributed by atoms with Crippen molar-refractivity contribution >= 4 is 28.0 Å². The highest BCUT2D eigenvalue weighted by Crippen LogP contribution is 2.33. The molecule has 1 aliphatic rings. The number of nitro benzene ring substituents is 1. The molecular formula is C20H20N4O2. The first kappa shape index (κ1) is 16.3. The number of nitrogens with zero attached hydrogens (tertiary/aromatic N) is 4. The molecule has 0 bridgehead atoms. The van der Waals surface area contributed by atoms with E-state index in [0.717, 1.165) is 42.9 Å². The summed E-state index contributed by atoms with van der Waals surface area (Å²) in [7, 11) is 0. The largest absolute Gasteiger partial charge is 0.368 e. The van der Waals surface area contributed by atoms with Crippen LogP contribution in [0.5, 0.6) is 0 Å². The molecule has 0 saturated carbocycles. The highest BCUT2D eigenvalue weighted by atomic mass is 16.6. The predicted molar refractivity (Wildman–Crippen MR) is 104 cm³/mol. The number of benzene rings is 2. The average Bonchev–Trinajstić information content (AvgIpc) is 2.67. The molecular weight excluding hydrogens is 328 g/mol. The molecule has 26 heavy (non-hydrogen) atoms. The van der Waals surface area contributed by atoms with E-state index < -0.39 is 0 Å². The summed E-state index contributed by atoms with van der Waals surface area (Å²) in [6.45, 7) is 5.47. The molecule has 6 heteroatoms. The van der Waals surface area contributed by atoms with Crippen molar-refractivity contribution in [2.24, 2.45) is 0 Å². The smallest absolute Gasteiger partial charge is 0.295 e. The molecule has 3 aromatic rings. The first-order chi connectivity index (χ1) is 12.6. The molecule has 2 heterocycles. The number of aryl methyl sites for hydroxylation is 1. The van der Waals surface area contributed by atoms with E-state index in [9.17, 15) is 10.1 Å². The zero-order valence-electron chi connectivity index (χ0n) is 14.6. The van der Waals surface area contributed by atoms with Gasteiger partial charge in [0.15, 0.2) is 5.52 Å². The predicted octanol–water partition coefficient (Wildman–Crippen LogP) is 3.78. The van der Waals surface area contributed by atoms with Gasteiger partial charge in [-0.1, -0.05) is 30.3 Å². The molecule has 0 aliphatic carbocycles. The van der Waals surface area contributed by atoms with Gasteiger partial charge in [-0.15, -0.1) is 0 Å². The minimum atomic E-state index is -0.355. The van der Waals surface area contributed by atoms with E-state index >= 15 is 0 Å². The summed E-state index contributed by atoms with van der Waals surface area (Å²) in [4.78, 5) is 20.1. The number of fused-ring (bicyclic) bond motifs is 1. The highest BCUT2D eigenvalue weighted by Gasteiger charge is 2.22. The van der Waals surface area contributed by atoms with Gasteiger partial charge < -0.3 is 9.80 Å². The lowest BCUT2D eigenvalue weighted by Crippen LogP contribution is -2.46. The molecule has 132 valence electrons. The van der Waals surface area contributed by atoms with Crippen LogP contribution < -0.4 is 9.80 Å². The Hall–Kier alpha value is -3.15. The summed E-state index contributed by atoms with van der Waals surface area (Å²) >= 11 is 0. The van der Waals surface area contributed by atoms with E-state index in [1.54, 1.807) is 6.07 Å². The fourth-order valence-corrected chi connectivity index (χ4v) is 3.59. The first-order valence-corrected chi connectivity index (χ1v) is 8.73. The highest BCUT2D eigenvalue weighted by molar-refractivity contribution is 5.97. The van der Waals surface area contributed by atoms with Gasteiger partial charge in [0, 0.05) is 54.7 Å². The maximum absolute atomic E-state index is 11.4. The van der Waals surface area contributed by atoms with Crippen molar-refractivity contribution < 1.29 is 4.92 Å². The van der Waals surface area contributed by atoms with Crippen LogP contribution in [0, 0.1) is 17.0 Å². The second kappa shape index (κ2) is 6.63. The van der Waals surface area contributed by atoms with Crippen LogP contribution in [0.2, 0.25) is 0 Å². The summed E-state index contributed by atoms with van der Waals surface area (Å²) in [6, 6.07) is 17.6. The molecule has 4 rings (SSSR count). The molecule has 2 aromatic carbocycles. The Morgan fingerprint density at radius 2 is 1.65 bits per heavy atom. The maximum Gasteiger partial charge on any atom is 0.295 e. The molecule has 1 fully saturated rings. The van der Waals surface area contributed by atoms with E-state index in [1.165, 1.54) is 11.8 Å². The Bertz CT molecular complexity index is 951. The van der Waals surface area contributed by atoms with Crippen molar-refractivity contribution in [3.05, 3.63) is 70.4 Å². The molecule has 0 atom stereocenters. The van der Waals surface area contributed by atoms with Crippen molar-refractivity contribution in [1.82, 2.24) is 4.98 Å². The average molecular weight is 348 g/mol. The molecule has 1 aliphatic heterocycles. The number of hydrogen-bond acceptors (Lipinski definition) is 5. The van der Waals surface area contributed by atoms with Crippen LogP contribution in [0.4, 0.5) is 17.1 Å². The van der Waals surface area contributed by atoms with Crippen LogP contribution in [-0.4, -0.2) is 36.1 Å². The molecule has 1 saturated heterocycles. The summed E-state index contributed by atoms with van der Waals surface area (Å²) < 4.78 is 0. The molecule has 0 N–H and O–H groups in total. The molecule has 1 aromatic heterocycles. The van der Waals surface area contributed by atoms with Gasteiger partial charge in [-0.05, 0) is 25.1 Å². The lowest BCUT2D eigenvalue weighted by molar-refractivity contribution is -0.383. The number of anilines is 2. The minimum Gasteiger partial charge on any atom is -0.368 e. The van der Waals surface area contributed by atoms with Crippen molar-refractivity contribution in [2.75, 3.05) is 36.0 Å². The Kier molecular flexibility index (Phi) is 4.16. The Labute approximate surface area is 151 Å². The van der Waals surface area contributed by atoms with Gasteiger partial charge in [-0.2, -0.15) is 0 Å². The third-order valence-corrected chi connectivity index (χ3v) is 4.86. The maximum atomic E-state index is 11.4. The Morgan fingerprint density at radius 3 is 2.35 bits per heavy atom. The number of hydrogen-bond donors (Lipinski definition) is 0. The van der Waals surface area contributed by atoms with E-state index in [2.05, 4.69) is 39.0 Å². The number of piperazine rings is 1. The van der Waals surface area contributed by atoms with Gasteiger partial charge in [0.1, 0.15) is 0 Å². The lowest BCUT2D eigenvalue weighted by atomic mass is 10.1. The van der Waals surface area contributed by atoms with Crippen molar-refractivity contribution in [2.45, 2.75) is 6.92 Å². The summed E-state index contributed by atoms with van der Waals surface area (Å²) in [5.74, 6) is 0. The van der Waals surface area contributed by atoms with Crippen LogP contribution >= 0.6 is 0 Å². The second-order valence-corrected chi connectivity index (χ2v) is 6.52. The molecule has 0 amide bonds. The minimum absolute atomic E-state index is 0.0652. The monoisotopic (exact) mass is 348 g/mol. The van der Waals surface area contributed by atoms with Crippen LogP contribution in [0.15, 0.2) is 54.6 Å². The van der Waals surface area contributed by atoms with Gasteiger partial charge in [0.25, 0.3) is 5.69 Å². The van der Waals surface area contributed by atoms with Gasteiger partial charge in [0.2, 0.25) is 0 Å². The zero-order valence-corrected chi connectivity index (χ0v) is 14.6. The van der Waals surface area contributed by atoms with Gasteiger partial charge in [-0.3, -0.25) is 10.1 Å². The number of aromatic nitrogens is 1. The van der Waals surface area contributed by atoms with E-state index in [1.807, 2.05) is 25.1 Å². The quantitative estimate of drug-likeness (QED) is 0.532. The number of pyridine rings is 1. The number of nitro groups is 1. The number of non-ortho nitro benzene ring substituents is 1. The summed E-state index contributed by atoms with van der Waals surface area (Å²) in [5.41, 5.74) is 3.60. The van der Waals surface area contributed by atoms with Crippen LogP contribution in [-0.2, 0) is 0 Å². The van der Waals surface area contributed by atoms with Crippen molar-refractivity contribution in [3.63, 3.8) is 0 Å². The van der Waals surface area contributed by atoms with Crippen LogP contribution in [0.25, 0.3) is 10.9 Å². The Balaban J connectivity index is 1.66. The molecule has 0 spiro atoms. The third kappa shape index (κ3) is 2.94. The summed E-state index contributed by atoms with van der Waals surface area (Å²) in [5, 5.41) is 12.2. The topological polar surface area (TPSA) is 62.5 Å². The van der Waals surface area contributed by atoms with Crippen LogP contribution in [0.3, 0.4) is 0 Å². The zero-order chi connectivity index (χ0) is 18.1. The molecule has 0 unspecified atom stereocenters. The van der Waals surface area contributed by atoms with E-state index in [-0.39, 0.29) is 10.6 Å². The van der Waals surface area contributed by atoms with Gasteiger partial charge in [0.05, 0.1) is 4.92 Å². The number of rotatable bonds is 3. The van der Waals surface area contributed by atoms with Gasteiger partial charge in [-0.25, -0.2) is 4.98 Å². The lowest BCUT2D eigenvalue weighted by Gasteiger charge is -2.37. The van der Waals surface area contributed by atoms with E-state index in [4.69, 9.17) is 0 Å². The summed E-state index contributed by atoms with van der Waals surface area (Å²) in [6.07, 6.45) is 0.